The lowest BCUT2D eigenvalue weighted by molar-refractivity contribution is -0.129. The van der Waals surface area contributed by atoms with E-state index in [1.807, 2.05) is 0 Å². The molecule has 3 fully saturated rings. The van der Waals surface area contributed by atoms with Crippen LogP contribution in [0.5, 0.6) is 0 Å². The highest BCUT2D eigenvalue weighted by atomic mass is 32.2. The van der Waals surface area contributed by atoms with Gasteiger partial charge in [-0.15, -0.1) is 0 Å². The van der Waals surface area contributed by atoms with Gasteiger partial charge in [0.15, 0.2) is 0 Å². The predicted octanol–water partition coefficient (Wildman–Crippen LogP) is 5.18. The molecule has 0 aliphatic heterocycles. The number of nitriles is 1. The number of alkyl halides is 3. The van der Waals surface area contributed by atoms with Gasteiger partial charge in [-0.3, -0.25) is 4.79 Å². The fourth-order valence-corrected chi connectivity index (χ4v) is 4.70. The zero-order valence-electron chi connectivity index (χ0n) is 15.2. The number of carbonyl (C=O) groups excluding carboxylic acids is 1. The number of amides is 1. The number of hydrogen-bond acceptors (Lipinski definition) is 4. The molecule has 152 valence electrons. The maximum Gasteiger partial charge on any atom is 0.389 e. The highest BCUT2D eigenvalue weighted by molar-refractivity contribution is 8.00. The average molecular weight is 415 g/mol. The lowest BCUT2D eigenvalue weighted by Gasteiger charge is -2.50. The van der Waals surface area contributed by atoms with Gasteiger partial charge in [-0.1, -0.05) is 11.9 Å². The maximum absolute atomic E-state index is 13.6. The molecule has 1 aromatic rings. The second-order valence-electron chi connectivity index (χ2n) is 7.63. The summed E-state index contributed by atoms with van der Waals surface area (Å²) in [7, 11) is 0. The molecule has 0 saturated heterocycles. The molecule has 0 spiro atoms. The first kappa shape index (κ1) is 20.8. The molecule has 3 aliphatic carbocycles. The third kappa shape index (κ3) is 4.72. The van der Waals surface area contributed by atoms with Gasteiger partial charge in [0.25, 0.3) is 5.91 Å². The standard InChI is InChI=1S/C19H21F4N3OS/c20-13-1-2-14(15(11-13)26-28-10-9-19(21,22)23)16(27)25-18-6-3-17(12-24,4-7-18)5-8-18/h1-2,11,26H,3-10H2,(H,25,27). The Kier molecular flexibility index (Phi) is 5.80. The molecule has 0 atom stereocenters. The number of nitrogens with zero attached hydrogens (tertiary/aromatic N) is 1. The first-order valence-corrected chi connectivity index (χ1v) is 10.1. The smallest absolute Gasteiger partial charge is 0.347 e. The lowest BCUT2D eigenvalue weighted by Crippen LogP contribution is -2.56. The van der Waals surface area contributed by atoms with Crippen LogP contribution in [-0.2, 0) is 0 Å². The van der Waals surface area contributed by atoms with Gasteiger partial charge in [0.2, 0.25) is 0 Å². The summed E-state index contributed by atoms with van der Waals surface area (Å²) in [6.07, 6.45) is -0.867. The average Bonchev–Trinajstić information content (AvgIpc) is 2.66. The van der Waals surface area contributed by atoms with Gasteiger partial charge in [-0.2, -0.15) is 18.4 Å². The van der Waals surface area contributed by atoms with Gasteiger partial charge in [0, 0.05) is 11.3 Å². The van der Waals surface area contributed by atoms with Gasteiger partial charge in [-0.25, -0.2) is 4.39 Å². The summed E-state index contributed by atoms with van der Waals surface area (Å²) in [5.74, 6) is -1.21. The van der Waals surface area contributed by atoms with E-state index in [-0.39, 0.29) is 33.9 Å². The summed E-state index contributed by atoms with van der Waals surface area (Å²) in [4.78, 5) is 12.8. The van der Waals surface area contributed by atoms with Crippen LogP contribution in [0, 0.1) is 22.6 Å². The van der Waals surface area contributed by atoms with Crippen molar-refractivity contribution in [2.75, 3.05) is 10.5 Å². The normalized spacial score (nSPS) is 26.5. The minimum atomic E-state index is -4.27. The van der Waals surface area contributed by atoms with Gasteiger partial charge >= 0.3 is 6.18 Å². The van der Waals surface area contributed by atoms with Crippen molar-refractivity contribution in [1.82, 2.24) is 5.32 Å². The third-order valence-electron chi connectivity index (χ3n) is 5.76. The van der Waals surface area contributed by atoms with E-state index in [1.54, 1.807) is 0 Å². The SMILES string of the molecule is N#CC12CCC(NC(=O)c3ccc(F)cc3NSCCC(F)(F)F)(CC1)CC2. The number of rotatable bonds is 6. The molecule has 0 heterocycles. The molecule has 0 aromatic heterocycles. The van der Waals surface area contributed by atoms with E-state index >= 15 is 0 Å². The minimum Gasteiger partial charge on any atom is -0.347 e. The molecule has 1 aromatic carbocycles. The van der Waals surface area contributed by atoms with E-state index in [1.165, 1.54) is 6.07 Å². The molecule has 4 rings (SSSR count). The Morgan fingerprint density at radius 3 is 2.39 bits per heavy atom. The summed E-state index contributed by atoms with van der Waals surface area (Å²) in [6.45, 7) is 0. The molecule has 4 nitrogen and oxygen atoms in total. The number of halogens is 4. The molecule has 1 amide bonds. The Bertz CT molecular complexity index is 766. The third-order valence-corrected chi connectivity index (χ3v) is 6.53. The zero-order chi connectivity index (χ0) is 20.4. The van der Waals surface area contributed by atoms with Crippen LogP contribution in [0.4, 0.5) is 23.2 Å². The molecule has 2 bridgehead atoms. The van der Waals surface area contributed by atoms with Crippen LogP contribution < -0.4 is 10.0 Å². The first-order valence-electron chi connectivity index (χ1n) is 9.14. The molecule has 3 aliphatic rings. The first-order chi connectivity index (χ1) is 13.2. The van der Waals surface area contributed by atoms with Crippen LogP contribution in [0.25, 0.3) is 0 Å². The van der Waals surface area contributed by atoms with Crippen LogP contribution in [-0.4, -0.2) is 23.4 Å². The number of fused-ring (bicyclic) bond motifs is 3. The van der Waals surface area contributed by atoms with E-state index in [0.29, 0.717) is 0 Å². The minimum absolute atomic E-state index is 0.152. The fraction of sp³-hybridized carbons (Fsp3) is 0.579. The van der Waals surface area contributed by atoms with Crippen molar-refractivity contribution in [1.29, 1.82) is 5.26 Å². The fourth-order valence-electron chi connectivity index (χ4n) is 3.94. The Labute approximate surface area is 165 Å². The Morgan fingerprint density at radius 2 is 1.82 bits per heavy atom. The van der Waals surface area contributed by atoms with E-state index in [4.69, 9.17) is 0 Å². The summed E-state index contributed by atoms with van der Waals surface area (Å²) >= 11 is 0.782. The summed E-state index contributed by atoms with van der Waals surface area (Å²) in [5.41, 5.74) is -0.299. The maximum atomic E-state index is 13.6. The highest BCUT2D eigenvalue weighted by Crippen LogP contribution is 2.52. The monoisotopic (exact) mass is 415 g/mol. The van der Waals surface area contributed by atoms with E-state index in [0.717, 1.165) is 62.6 Å². The molecule has 28 heavy (non-hydrogen) atoms. The number of carbonyl (C=O) groups is 1. The molecule has 3 saturated carbocycles. The number of benzene rings is 1. The largest absolute Gasteiger partial charge is 0.389 e. The van der Waals surface area contributed by atoms with Crippen molar-refractivity contribution in [3.8, 4) is 6.07 Å². The Balaban J connectivity index is 1.66. The van der Waals surface area contributed by atoms with Crippen molar-refractivity contribution >= 4 is 23.5 Å². The van der Waals surface area contributed by atoms with Crippen LogP contribution in [0.15, 0.2) is 18.2 Å². The number of nitrogens with one attached hydrogen (secondary N) is 2. The zero-order valence-corrected chi connectivity index (χ0v) is 16.0. The van der Waals surface area contributed by atoms with Gasteiger partial charge in [0.1, 0.15) is 5.82 Å². The number of hydrogen-bond donors (Lipinski definition) is 2. The van der Waals surface area contributed by atoms with Gasteiger partial charge in [0.05, 0.1) is 29.2 Å². The van der Waals surface area contributed by atoms with Crippen LogP contribution in [0.2, 0.25) is 0 Å². The van der Waals surface area contributed by atoms with E-state index in [9.17, 15) is 27.6 Å². The Morgan fingerprint density at radius 1 is 1.18 bits per heavy atom. The number of anilines is 1. The van der Waals surface area contributed by atoms with E-state index < -0.39 is 18.4 Å². The second-order valence-corrected chi connectivity index (χ2v) is 8.53. The van der Waals surface area contributed by atoms with Crippen molar-refractivity contribution in [2.45, 2.75) is 56.7 Å². The van der Waals surface area contributed by atoms with Crippen molar-refractivity contribution < 1.29 is 22.4 Å². The topological polar surface area (TPSA) is 64.9 Å². The molecular weight excluding hydrogens is 394 g/mol. The summed E-state index contributed by atoms with van der Waals surface area (Å²) in [5, 5.41) is 12.4. The Hall–Kier alpha value is -1.95. The lowest BCUT2D eigenvalue weighted by atomic mass is 9.58. The quantitative estimate of drug-likeness (QED) is 0.382. The van der Waals surface area contributed by atoms with Gasteiger partial charge < -0.3 is 10.0 Å². The molecular formula is C19H21F4N3OS. The van der Waals surface area contributed by atoms with Crippen molar-refractivity contribution in [2.24, 2.45) is 5.41 Å². The highest BCUT2D eigenvalue weighted by Gasteiger charge is 2.49. The van der Waals surface area contributed by atoms with E-state index in [2.05, 4.69) is 16.1 Å². The molecule has 0 unspecified atom stereocenters. The second kappa shape index (κ2) is 7.82. The summed E-state index contributed by atoms with van der Waals surface area (Å²) in [6, 6.07) is 6.01. The summed E-state index contributed by atoms with van der Waals surface area (Å²) < 4.78 is 53.1. The van der Waals surface area contributed by atoms with Crippen molar-refractivity contribution in [3.05, 3.63) is 29.6 Å². The van der Waals surface area contributed by atoms with Crippen LogP contribution in [0.1, 0.15) is 55.3 Å². The van der Waals surface area contributed by atoms with Crippen molar-refractivity contribution in [3.63, 3.8) is 0 Å². The van der Waals surface area contributed by atoms with Crippen LogP contribution in [0.3, 0.4) is 0 Å². The molecule has 0 radical (unpaired) electrons. The van der Waals surface area contributed by atoms with Crippen LogP contribution >= 0.6 is 11.9 Å². The molecule has 2 N–H and O–H groups in total. The molecule has 9 heteroatoms. The van der Waals surface area contributed by atoms with Gasteiger partial charge in [-0.05, 0) is 56.7 Å². The predicted molar refractivity (Wildman–Crippen MR) is 99.1 cm³/mol.